The predicted octanol–water partition coefficient (Wildman–Crippen LogP) is 3.76. The van der Waals surface area contributed by atoms with Crippen molar-refractivity contribution >= 4 is 17.9 Å². The van der Waals surface area contributed by atoms with E-state index in [0.29, 0.717) is 4.90 Å². The summed E-state index contributed by atoms with van der Waals surface area (Å²) < 4.78 is 26.0. The topological polar surface area (TPSA) is 54.4 Å². The fourth-order valence-electron chi connectivity index (χ4n) is 3.79. The van der Waals surface area contributed by atoms with Crippen LogP contribution >= 0.6 is 0 Å². The molecule has 3 nitrogen and oxygen atoms in total. The van der Waals surface area contributed by atoms with Gasteiger partial charge in [0.2, 0.25) is 0 Å². The number of aliphatic hydroxyl groups is 1. The lowest BCUT2D eigenvalue weighted by Crippen LogP contribution is -2.70. The first-order valence-corrected chi connectivity index (χ1v) is 13.2. The lowest BCUT2D eigenvalue weighted by molar-refractivity contribution is -0.0491. The van der Waals surface area contributed by atoms with Crippen molar-refractivity contribution in [2.45, 2.75) is 47.3 Å². The Hall–Kier alpha value is -1.43. The van der Waals surface area contributed by atoms with E-state index in [1.165, 1.54) is 0 Å². The minimum Gasteiger partial charge on any atom is -0.385 e. The van der Waals surface area contributed by atoms with Gasteiger partial charge in [-0.1, -0.05) is 68.2 Å². The zero-order valence-corrected chi connectivity index (χ0v) is 16.2. The van der Waals surface area contributed by atoms with Gasteiger partial charge in [0.05, 0.1) is 22.9 Å². The second kappa shape index (κ2) is 5.54. The second-order valence-electron chi connectivity index (χ2n) is 7.81. The monoisotopic (exact) mass is 360 g/mol. The van der Waals surface area contributed by atoms with Gasteiger partial charge < -0.3 is 5.11 Å². The fraction of sp³-hybridized carbons (Fsp3) is 0.368. The molecule has 5 heteroatoms. The van der Waals surface area contributed by atoms with Crippen LogP contribution in [-0.4, -0.2) is 26.0 Å². The Balaban J connectivity index is 2.05. The SMILES string of the molecule is C[Si](C)(C)C1(S(=O)(=O)c2ccccc2)CC(O)(c2ccccc2)C1. The second-order valence-corrected chi connectivity index (χ2v) is 15.9. The summed E-state index contributed by atoms with van der Waals surface area (Å²) in [5.41, 5.74) is -0.245. The molecule has 1 fully saturated rings. The van der Waals surface area contributed by atoms with Crippen molar-refractivity contribution in [2.75, 3.05) is 0 Å². The van der Waals surface area contributed by atoms with Gasteiger partial charge in [0, 0.05) is 0 Å². The number of sulfone groups is 1. The highest BCUT2D eigenvalue weighted by Crippen LogP contribution is 2.58. The molecular formula is C19H24O3SSi. The molecule has 2 aromatic rings. The minimum absolute atomic E-state index is 0.275. The number of rotatable bonds is 4. The number of benzene rings is 2. The maximum Gasteiger partial charge on any atom is 0.181 e. The smallest absolute Gasteiger partial charge is 0.181 e. The zero-order chi connectivity index (χ0) is 17.6. The summed E-state index contributed by atoms with van der Waals surface area (Å²) in [6, 6.07) is 18.1. The summed E-state index contributed by atoms with van der Waals surface area (Å²) in [5.74, 6) is 0. The predicted molar refractivity (Wildman–Crippen MR) is 99.3 cm³/mol. The van der Waals surface area contributed by atoms with Crippen LogP contribution in [0.5, 0.6) is 0 Å². The quantitative estimate of drug-likeness (QED) is 0.845. The van der Waals surface area contributed by atoms with E-state index < -0.39 is 27.9 Å². The average Bonchev–Trinajstić information content (AvgIpc) is 2.52. The minimum atomic E-state index is -3.50. The molecule has 0 heterocycles. The summed E-state index contributed by atoms with van der Waals surface area (Å²) in [7, 11) is -5.61. The molecule has 24 heavy (non-hydrogen) atoms. The molecule has 0 atom stereocenters. The molecule has 0 aromatic heterocycles. The van der Waals surface area contributed by atoms with E-state index in [9.17, 15) is 13.5 Å². The molecule has 0 amide bonds. The molecule has 0 unspecified atom stereocenters. The first-order chi connectivity index (χ1) is 11.1. The third-order valence-corrected chi connectivity index (χ3v) is 13.3. The molecule has 0 spiro atoms. The van der Waals surface area contributed by atoms with E-state index in [1.807, 2.05) is 36.4 Å². The van der Waals surface area contributed by atoms with Crippen LogP contribution in [0.1, 0.15) is 18.4 Å². The molecule has 1 N–H and O–H groups in total. The summed E-state index contributed by atoms with van der Waals surface area (Å²) in [4.78, 5) is 0.363. The van der Waals surface area contributed by atoms with Gasteiger partial charge in [0.25, 0.3) is 0 Å². The Morgan fingerprint density at radius 2 is 1.33 bits per heavy atom. The van der Waals surface area contributed by atoms with E-state index in [0.717, 1.165) is 5.56 Å². The van der Waals surface area contributed by atoms with Crippen molar-refractivity contribution in [1.82, 2.24) is 0 Å². The highest BCUT2D eigenvalue weighted by molar-refractivity contribution is 7.95. The van der Waals surface area contributed by atoms with Gasteiger partial charge in [-0.2, -0.15) is 0 Å². The standard InChI is InChI=1S/C19H24O3SSi/c1-24(2,3)19(23(21,22)17-12-8-5-9-13-17)14-18(20,15-19)16-10-6-4-7-11-16/h4-13,20H,14-15H2,1-3H3. The van der Waals surface area contributed by atoms with Crippen molar-refractivity contribution in [3.8, 4) is 0 Å². The maximum absolute atomic E-state index is 13.4. The molecule has 0 radical (unpaired) electrons. The Labute approximate surface area is 145 Å². The molecule has 3 rings (SSSR count). The third kappa shape index (κ3) is 2.46. The van der Waals surface area contributed by atoms with Crippen molar-refractivity contribution in [2.24, 2.45) is 0 Å². The van der Waals surface area contributed by atoms with Crippen LogP contribution < -0.4 is 0 Å². The molecule has 2 aromatic carbocycles. The Morgan fingerprint density at radius 3 is 1.79 bits per heavy atom. The molecule has 1 aliphatic carbocycles. The molecule has 0 saturated heterocycles. The summed E-state index contributed by atoms with van der Waals surface area (Å²) in [5, 5.41) is 11.0. The lowest BCUT2D eigenvalue weighted by Gasteiger charge is -2.58. The van der Waals surface area contributed by atoms with Crippen LogP contribution in [-0.2, 0) is 15.4 Å². The van der Waals surface area contributed by atoms with Gasteiger partial charge in [-0.15, -0.1) is 0 Å². The Kier molecular flexibility index (Phi) is 4.02. The summed E-state index contributed by atoms with van der Waals surface area (Å²) in [6.07, 6.45) is 0.550. The maximum atomic E-state index is 13.4. The zero-order valence-electron chi connectivity index (χ0n) is 14.4. The molecular weight excluding hydrogens is 336 g/mol. The van der Waals surface area contributed by atoms with Crippen molar-refractivity contribution in [3.05, 3.63) is 66.2 Å². The highest BCUT2D eigenvalue weighted by Gasteiger charge is 2.67. The van der Waals surface area contributed by atoms with Gasteiger partial charge in [-0.25, -0.2) is 8.42 Å². The van der Waals surface area contributed by atoms with Gasteiger partial charge in [-0.3, -0.25) is 0 Å². The van der Waals surface area contributed by atoms with E-state index in [1.54, 1.807) is 24.3 Å². The summed E-state index contributed by atoms with van der Waals surface area (Å²) in [6.45, 7) is 6.24. The molecule has 1 saturated carbocycles. The normalized spacial score (nSPS) is 27.5. The first kappa shape index (κ1) is 17.4. The number of hydrogen-bond acceptors (Lipinski definition) is 3. The van der Waals surface area contributed by atoms with E-state index in [-0.39, 0.29) is 12.8 Å². The van der Waals surface area contributed by atoms with Crippen LogP contribution in [0.3, 0.4) is 0 Å². The number of hydrogen-bond donors (Lipinski definition) is 1. The molecule has 128 valence electrons. The van der Waals surface area contributed by atoms with Crippen LogP contribution in [0.4, 0.5) is 0 Å². The Morgan fingerprint density at radius 1 is 0.875 bits per heavy atom. The van der Waals surface area contributed by atoms with Crippen LogP contribution in [0.2, 0.25) is 19.6 Å². The summed E-state index contributed by atoms with van der Waals surface area (Å²) >= 11 is 0. The molecule has 1 aliphatic rings. The van der Waals surface area contributed by atoms with Crippen molar-refractivity contribution in [1.29, 1.82) is 0 Å². The van der Waals surface area contributed by atoms with Gasteiger partial charge in [0.1, 0.15) is 0 Å². The fourth-order valence-corrected chi connectivity index (χ4v) is 10.8. The van der Waals surface area contributed by atoms with Crippen LogP contribution in [0, 0.1) is 0 Å². The lowest BCUT2D eigenvalue weighted by atomic mass is 9.74. The van der Waals surface area contributed by atoms with E-state index in [2.05, 4.69) is 19.6 Å². The van der Waals surface area contributed by atoms with E-state index >= 15 is 0 Å². The van der Waals surface area contributed by atoms with Gasteiger partial charge in [0.15, 0.2) is 9.84 Å². The van der Waals surface area contributed by atoms with Crippen molar-refractivity contribution < 1.29 is 13.5 Å². The highest BCUT2D eigenvalue weighted by atomic mass is 32.2. The van der Waals surface area contributed by atoms with Gasteiger partial charge in [-0.05, 0) is 30.5 Å². The van der Waals surface area contributed by atoms with Crippen LogP contribution in [0.25, 0.3) is 0 Å². The largest absolute Gasteiger partial charge is 0.385 e. The third-order valence-electron chi connectivity index (χ3n) is 5.40. The van der Waals surface area contributed by atoms with Gasteiger partial charge >= 0.3 is 0 Å². The van der Waals surface area contributed by atoms with Crippen LogP contribution in [0.15, 0.2) is 65.6 Å². The average molecular weight is 361 g/mol. The van der Waals surface area contributed by atoms with Crippen molar-refractivity contribution in [3.63, 3.8) is 0 Å². The molecule has 0 aliphatic heterocycles. The Bertz CT molecular complexity index is 818. The first-order valence-electron chi connectivity index (χ1n) is 8.20. The van der Waals surface area contributed by atoms with E-state index in [4.69, 9.17) is 0 Å². The molecule has 0 bridgehead atoms.